The quantitative estimate of drug-likeness (QED) is 0.0308. The predicted molar refractivity (Wildman–Crippen MR) is 253 cm³/mol. The van der Waals surface area contributed by atoms with Gasteiger partial charge in [0.15, 0.2) is 31.1 Å². The molecule has 0 amide bonds. The van der Waals surface area contributed by atoms with E-state index in [-0.39, 0.29) is 16.9 Å². The topological polar surface area (TPSA) is 398 Å². The lowest BCUT2D eigenvalue weighted by molar-refractivity contribution is -0.421. The van der Waals surface area contributed by atoms with Crippen LogP contribution in [-0.2, 0) is 71.2 Å². The number of esters is 5. The van der Waals surface area contributed by atoms with E-state index in [1.165, 1.54) is 78.9 Å². The van der Waals surface area contributed by atoms with Gasteiger partial charge in [0.2, 0.25) is 5.79 Å². The number of hydrogen-bond donors (Lipinski definition) is 10. The largest absolute Gasteiger partial charge is 0.508 e. The maximum Gasteiger partial charge on any atom is 0.338 e. The Kier molecular flexibility index (Phi) is 20.4. The zero-order valence-electron chi connectivity index (χ0n) is 41.6. The van der Waals surface area contributed by atoms with Crippen molar-refractivity contribution in [1.29, 1.82) is 0 Å². The molecular formula is C51H60O27. The summed E-state index contributed by atoms with van der Waals surface area (Å²) in [5, 5.41) is 109. The Morgan fingerprint density at radius 3 is 1.62 bits per heavy atom. The molecule has 4 aliphatic rings. The van der Waals surface area contributed by atoms with Crippen molar-refractivity contribution in [2.24, 2.45) is 0 Å². The van der Waals surface area contributed by atoms with Gasteiger partial charge < -0.3 is 108 Å². The fourth-order valence-electron chi connectivity index (χ4n) is 8.70. The molecule has 0 aliphatic carbocycles. The monoisotopic (exact) mass is 1100 g/mol. The van der Waals surface area contributed by atoms with Gasteiger partial charge in [-0.3, -0.25) is 9.59 Å². The summed E-state index contributed by atoms with van der Waals surface area (Å²) in [6.45, 7) is -2.84. The molecule has 0 saturated carbocycles. The predicted octanol–water partition coefficient (Wildman–Crippen LogP) is -2.91. The molecule has 0 radical (unpaired) electrons. The maximum atomic E-state index is 14.0. The summed E-state index contributed by atoms with van der Waals surface area (Å²) in [6.07, 6.45) is -35.2. The van der Waals surface area contributed by atoms with Crippen molar-refractivity contribution in [2.45, 2.75) is 130 Å². The van der Waals surface area contributed by atoms with Gasteiger partial charge in [-0.25, -0.2) is 14.4 Å². The number of benzene rings is 3. The van der Waals surface area contributed by atoms with Crippen molar-refractivity contribution >= 4 is 35.9 Å². The summed E-state index contributed by atoms with van der Waals surface area (Å²) >= 11 is 0. The minimum atomic E-state index is -2.87. The Morgan fingerprint density at radius 2 is 1.05 bits per heavy atom. The molecule has 27 nitrogen and oxygen atoms in total. The second-order valence-corrected chi connectivity index (χ2v) is 18.3. The Balaban J connectivity index is 1.40. The lowest BCUT2D eigenvalue weighted by Gasteiger charge is -2.50. The molecule has 3 aromatic rings. The Bertz CT molecular complexity index is 2500. The molecule has 4 aliphatic heterocycles. The first kappa shape index (κ1) is 59.6. The summed E-state index contributed by atoms with van der Waals surface area (Å²) < 4.78 is 71.3. The maximum absolute atomic E-state index is 14.0. The van der Waals surface area contributed by atoms with Gasteiger partial charge in [0.05, 0.1) is 24.3 Å². The number of aliphatic hydroxyl groups is 9. The highest BCUT2D eigenvalue weighted by Gasteiger charge is 2.64. The van der Waals surface area contributed by atoms with Crippen LogP contribution in [0.5, 0.6) is 5.75 Å². The van der Waals surface area contributed by atoms with E-state index in [2.05, 4.69) is 0 Å². The van der Waals surface area contributed by atoms with Crippen LogP contribution in [0.3, 0.4) is 0 Å². The highest BCUT2D eigenvalue weighted by atomic mass is 16.8. The molecule has 78 heavy (non-hydrogen) atoms. The molecule has 10 N–H and O–H groups in total. The summed E-state index contributed by atoms with van der Waals surface area (Å²) in [4.78, 5) is 66.1. The molecule has 0 unspecified atom stereocenters. The lowest BCUT2D eigenvalue weighted by Crippen LogP contribution is -2.69. The second-order valence-electron chi connectivity index (χ2n) is 18.3. The molecule has 0 aromatic heterocycles. The van der Waals surface area contributed by atoms with E-state index in [4.69, 9.17) is 56.8 Å². The molecule has 0 bridgehead atoms. The molecule has 7 rings (SSSR count). The fraction of sp³-hybridized carbons (Fsp3) is 0.510. The lowest BCUT2D eigenvalue weighted by atomic mass is 9.95. The van der Waals surface area contributed by atoms with E-state index in [0.717, 1.165) is 19.9 Å². The van der Waals surface area contributed by atoms with Crippen LogP contribution >= 0.6 is 0 Å². The number of hydrogen-bond acceptors (Lipinski definition) is 27. The van der Waals surface area contributed by atoms with Gasteiger partial charge in [-0.1, -0.05) is 48.5 Å². The summed E-state index contributed by atoms with van der Waals surface area (Å²) in [5.74, 6) is -8.19. The number of phenols is 1. The first-order valence-corrected chi connectivity index (χ1v) is 24.3. The SMILES string of the molecule is CC(=O)OC[C@H]1O[C@@H](O[C@@H]2[C@@H](O[C@@H]3O[C@H](CO)[C@@H](O)[C@H](O)[C@H]3O)[C@@H](O[C@]3(COC(=O)c4ccccc4)O[C@H](CO)[C@@H](O)[C@@H]3OC(=O)c3ccccc3)O[C@H](COC(C)=O)[C@H]2OC(=O)/C=C/c2ccc(O)cc2)[C@H](O)[C@@H](O)[C@@H]1O. The highest BCUT2D eigenvalue weighted by Crippen LogP contribution is 2.42. The van der Waals surface area contributed by atoms with Gasteiger partial charge in [0.25, 0.3) is 0 Å². The van der Waals surface area contributed by atoms with Crippen LogP contribution in [0, 0.1) is 0 Å². The molecule has 4 heterocycles. The first-order chi connectivity index (χ1) is 37.2. The number of ether oxygens (including phenoxy) is 12. The molecular weight excluding hydrogens is 1040 g/mol. The van der Waals surface area contributed by atoms with Gasteiger partial charge in [-0.15, -0.1) is 0 Å². The van der Waals surface area contributed by atoms with E-state index < -0.39 is 179 Å². The summed E-state index contributed by atoms with van der Waals surface area (Å²) in [6, 6.07) is 20.1. The summed E-state index contributed by atoms with van der Waals surface area (Å²) in [5.41, 5.74) is 0.233. The van der Waals surface area contributed by atoms with Crippen molar-refractivity contribution in [3.63, 3.8) is 0 Å². The molecule has 27 heteroatoms. The van der Waals surface area contributed by atoms with Gasteiger partial charge in [0.1, 0.15) is 105 Å². The first-order valence-electron chi connectivity index (χ1n) is 24.3. The normalized spacial score (nSPS) is 34.9. The third-order valence-electron chi connectivity index (χ3n) is 12.8. The molecule has 19 atom stereocenters. The fourth-order valence-corrected chi connectivity index (χ4v) is 8.70. The standard InChI is InChI=1S/C51H60O27/c1-24(54)67-21-32-36(59)39(62)41(64)49(71-32)74-43-42(73-34(57)18-15-26-13-16-29(56)17-14-26)33(22-68-25(2)55)72-50(44(43)75-48-40(63)38(61)35(58)30(19-52)70-48)78-51(23-69-46(65)27-9-5-3-6-10-27)45(37(60)31(20-53)77-51)76-47(66)28-11-7-4-8-12-28/h3-18,30-33,35-45,48-50,52-53,56,58-64H,19-23H2,1-2H3/b18-15+/t30-,31-,32-,33-,35-,36-,37-,38+,39+,40-,41-,42-,43+,44-,45+,48+,49+,50-,51+/m1/s1. The molecule has 3 aromatic carbocycles. The Hall–Kier alpha value is -6.09. The minimum absolute atomic E-state index is 0.0372. The molecule has 426 valence electrons. The van der Waals surface area contributed by atoms with E-state index >= 15 is 0 Å². The van der Waals surface area contributed by atoms with Crippen molar-refractivity contribution < 1.29 is 132 Å². The van der Waals surface area contributed by atoms with Crippen molar-refractivity contribution in [1.82, 2.24) is 0 Å². The number of aliphatic hydroxyl groups excluding tert-OH is 9. The zero-order chi connectivity index (χ0) is 56.4. The van der Waals surface area contributed by atoms with Crippen molar-refractivity contribution in [3.05, 3.63) is 108 Å². The van der Waals surface area contributed by atoms with Crippen LogP contribution < -0.4 is 0 Å². The van der Waals surface area contributed by atoms with Crippen LogP contribution in [-0.4, -0.2) is 230 Å². The van der Waals surface area contributed by atoms with Gasteiger partial charge >= 0.3 is 29.8 Å². The Labute approximate surface area is 443 Å². The van der Waals surface area contributed by atoms with E-state index in [1.54, 1.807) is 12.1 Å². The second kappa shape index (κ2) is 26.7. The molecule has 4 fully saturated rings. The van der Waals surface area contributed by atoms with Crippen molar-refractivity contribution in [3.8, 4) is 5.75 Å². The number of phenolic OH excluding ortho intramolecular Hbond substituents is 1. The Morgan fingerprint density at radius 1 is 0.538 bits per heavy atom. The van der Waals surface area contributed by atoms with E-state index in [9.17, 15) is 75.0 Å². The van der Waals surface area contributed by atoms with E-state index in [1.807, 2.05) is 0 Å². The average Bonchev–Trinajstić information content (AvgIpc) is 3.78. The van der Waals surface area contributed by atoms with Crippen LogP contribution in [0.1, 0.15) is 40.1 Å². The smallest absolute Gasteiger partial charge is 0.338 e. The van der Waals surface area contributed by atoms with Crippen molar-refractivity contribution in [2.75, 3.05) is 33.0 Å². The zero-order valence-corrected chi connectivity index (χ0v) is 41.6. The number of carbonyl (C=O) groups excluding carboxylic acids is 5. The van der Waals surface area contributed by atoms with Crippen LogP contribution in [0.2, 0.25) is 0 Å². The van der Waals surface area contributed by atoms with Crippen LogP contribution in [0.15, 0.2) is 91.0 Å². The third-order valence-corrected chi connectivity index (χ3v) is 12.8. The van der Waals surface area contributed by atoms with Crippen LogP contribution in [0.25, 0.3) is 6.08 Å². The van der Waals surface area contributed by atoms with Gasteiger partial charge in [-0.05, 0) is 48.0 Å². The highest BCUT2D eigenvalue weighted by molar-refractivity contribution is 5.90. The molecule has 4 saturated heterocycles. The molecule has 0 spiro atoms. The third kappa shape index (κ3) is 14.2. The van der Waals surface area contributed by atoms with Crippen LogP contribution in [0.4, 0.5) is 0 Å². The number of aromatic hydroxyl groups is 1. The van der Waals surface area contributed by atoms with Gasteiger partial charge in [-0.2, -0.15) is 0 Å². The minimum Gasteiger partial charge on any atom is -0.508 e. The number of rotatable bonds is 20. The van der Waals surface area contributed by atoms with Gasteiger partial charge in [0, 0.05) is 19.9 Å². The average molecular weight is 1110 g/mol. The summed E-state index contributed by atoms with van der Waals surface area (Å²) in [7, 11) is 0. The number of carbonyl (C=O) groups is 5. The van der Waals surface area contributed by atoms with E-state index in [0.29, 0.717) is 5.56 Å².